The van der Waals surface area contributed by atoms with Crippen molar-refractivity contribution in [2.75, 3.05) is 32.8 Å². The zero-order valence-electron chi connectivity index (χ0n) is 16.2. The maximum Gasteiger partial charge on any atom is 0.123 e. The van der Waals surface area contributed by atoms with Gasteiger partial charge in [0.1, 0.15) is 5.82 Å². The number of allylic oxidation sites excluding steroid dienone is 1. The largest absolute Gasteiger partial charge is 0.396 e. The molecule has 2 heterocycles. The summed E-state index contributed by atoms with van der Waals surface area (Å²) in [6.07, 6.45) is 4.89. The highest BCUT2D eigenvalue weighted by Gasteiger charge is 2.26. The zero-order valence-corrected chi connectivity index (χ0v) is 16.2. The van der Waals surface area contributed by atoms with E-state index in [0.29, 0.717) is 6.04 Å². The van der Waals surface area contributed by atoms with Gasteiger partial charge < -0.3 is 5.11 Å². The monoisotopic (exact) mass is 372 g/mol. The number of nitrogens with one attached hydrogen (secondary N) is 1. The summed E-state index contributed by atoms with van der Waals surface area (Å²) in [5.74, 6) is -0.237. The summed E-state index contributed by atoms with van der Waals surface area (Å²) >= 11 is 0. The van der Waals surface area contributed by atoms with Gasteiger partial charge in [0.2, 0.25) is 0 Å². The van der Waals surface area contributed by atoms with Gasteiger partial charge in [0.05, 0.1) is 11.9 Å². The summed E-state index contributed by atoms with van der Waals surface area (Å²) in [5, 5.41) is 16.7. The molecule has 1 aromatic carbocycles. The van der Waals surface area contributed by atoms with Gasteiger partial charge in [-0.2, -0.15) is 5.10 Å². The maximum absolute atomic E-state index is 13.2. The van der Waals surface area contributed by atoms with Gasteiger partial charge in [-0.1, -0.05) is 11.6 Å². The average molecular weight is 372 g/mol. The highest BCUT2D eigenvalue weighted by Crippen LogP contribution is 2.24. The molecule has 0 saturated carbocycles. The van der Waals surface area contributed by atoms with Crippen molar-refractivity contribution < 1.29 is 9.50 Å². The molecule has 1 atom stereocenters. The maximum atomic E-state index is 13.2. The fourth-order valence-electron chi connectivity index (χ4n) is 3.60. The van der Waals surface area contributed by atoms with Crippen molar-refractivity contribution >= 4 is 0 Å². The number of H-pyrrole nitrogens is 1. The minimum absolute atomic E-state index is 0.205. The molecule has 1 aliphatic rings. The van der Waals surface area contributed by atoms with Crippen LogP contribution in [0.15, 0.2) is 42.1 Å². The smallest absolute Gasteiger partial charge is 0.123 e. The lowest BCUT2D eigenvalue weighted by molar-refractivity contribution is 0.0637. The molecule has 1 fully saturated rings. The van der Waals surface area contributed by atoms with E-state index in [9.17, 15) is 9.50 Å². The van der Waals surface area contributed by atoms with Crippen molar-refractivity contribution in [1.29, 1.82) is 0 Å². The zero-order chi connectivity index (χ0) is 19.2. The van der Waals surface area contributed by atoms with Gasteiger partial charge in [-0.3, -0.25) is 14.9 Å². The number of hydrogen-bond donors (Lipinski definition) is 2. The molecule has 0 unspecified atom stereocenters. The van der Waals surface area contributed by atoms with Crippen LogP contribution in [-0.4, -0.2) is 63.9 Å². The van der Waals surface area contributed by atoms with Crippen molar-refractivity contribution in [3.8, 4) is 11.3 Å². The van der Waals surface area contributed by atoms with Crippen molar-refractivity contribution in [3.63, 3.8) is 0 Å². The number of aromatic nitrogens is 2. The Hall–Kier alpha value is -2.02. The second-order valence-electron chi connectivity index (χ2n) is 7.45. The van der Waals surface area contributed by atoms with E-state index in [2.05, 4.69) is 39.9 Å². The fourth-order valence-corrected chi connectivity index (χ4v) is 3.60. The number of halogens is 1. The molecule has 0 spiro atoms. The molecule has 2 N–H and O–H groups in total. The molecule has 1 aliphatic heterocycles. The number of aromatic amines is 1. The summed E-state index contributed by atoms with van der Waals surface area (Å²) in [5.41, 5.74) is 4.32. The molecule has 3 rings (SSSR count). The standard InChI is InChI=1S/C21H29FN4O/c1-16(2)7-9-26-11-10-25(15-20(26)8-12-27)14-18-13-23-24-21(18)17-3-5-19(22)6-4-17/h3-7,13,20,27H,8-12,14-15H2,1-2H3,(H,23,24)/t20-/m0/s1. The highest BCUT2D eigenvalue weighted by molar-refractivity contribution is 5.62. The van der Waals surface area contributed by atoms with E-state index >= 15 is 0 Å². The Morgan fingerprint density at radius 1 is 1.30 bits per heavy atom. The van der Waals surface area contributed by atoms with Crippen LogP contribution in [0.2, 0.25) is 0 Å². The molecule has 6 heteroatoms. The molecule has 5 nitrogen and oxygen atoms in total. The minimum atomic E-state index is -0.237. The first-order valence-electron chi connectivity index (χ1n) is 9.55. The highest BCUT2D eigenvalue weighted by atomic mass is 19.1. The second kappa shape index (κ2) is 9.26. The van der Waals surface area contributed by atoms with Gasteiger partial charge in [-0.25, -0.2) is 4.39 Å². The molecular weight excluding hydrogens is 343 g/mol. The molecule has 27 heavy (non-hydrogen) atoms. The molecular formula is C21H29FN4O. The van der Waals surface area contributed by atoms with Crippen molar-refractivity contribution in [1.82, 2.24) is 20.0 Å². The van der Waals surface area contributed by atoms with Crippen LogP contribution in [0.5, 0.6) is 0 Å². The lowest BCUT2D eigenvalue weighted by atomic mass is 10.1. The predicted molar refractivity (Wildman–Crippen MR) is 106 cm³/mol. The number of aliphatic hydroxyl groups excluding tert-OH is 1. The third-order valence-corrected chi connectivity index (χ3v) is 5.13. The van der Waals surface area contributed by atoms with Crippen LogP contribution in [-0.2, 0) is 6.54 Å². The normalized spacial score (nSPS) is 18.6. The minimum Gasteiger partial charge on any atom is -0.396 e. The average Bonchev–Trinajstić information content (AvgIpc) is 3.10. The Kier molecular flexibility index (Phi) is 6.77. The number of rotatable bonds is 7. The van der Waals surface area contributed by atoms with Gasteiger partial charge in [-0.05, 0) is 44.5 Å². The quantitative estimate of drug-likeness (QED) is 0.734. The van der Waals surface area contributed by atoms with Crippen LogP contribution in [0.3, 0.4) is 0 Å². The van der Waals surface area contributed by atoms with Crippen LogP contribution in [0, 0.1) is 5.82 Å². The van der Waals surface area contributed by atoms with Gasteiger partial charge in [0.15, 0.2) is 0 Å². The molecule has 1 saturated heterocycles. The topological polar surface area (TPSA) is 55.4 Å². The third kappa shape index (κ3) is 5.25. The van der Waals surface area contributed by atoms with E-state index in [0.717, 1.165) is 56.0 Å². The van der Waals surface area contributed by atoms with Crippen LogP contribution >= 0.6 is 0 Å². The molecule has 1 aromatic heterocycles. The Bertz CT molecular complexity index is 752. The molecule has 0 radical (unpaired) electrons. The summed E-state index contributed by atoms with van der Waals surface area (Å²) in [6, 6.07) is 6.84. The van der Waals surface area contributed by atoms with Crippen LogP contribution in [0.25, 0.3) is 11.3 Å². The van der Waals surface area contributed by atoms with Crippen LogP contribution in [0.4, 0.5) is 4.39 Å². The number of piperazine rings is 1. The lowest BCUT2D eigenvalue weighted by Gasteiger charge is -2.41. The SMILES string of the molecule is CC(C)=CCN1CCN(Cc2cn[nH]c2-c2ccc(F)cc2)C[C@@H]1CCO. The number of aliphatic hydroxyl groups is 1. The number of nitrogens with zero attached hydrogens (tertiary/aromatic N) is 3. The van der Waals surface area contributed by atoms with E-state index < -0.39 is 0 Å². The first-order chi connectivity index (χ1) is 13.1. The van der Waals surface area contributed by atoms with E-state index in [1.54, 1.807) is 12.1 Å². The first-order valence-corrected chi connectivity index (χ1v) is 9.55. The molecule has 0 bridgehead atoms. The Morgan fingerprint density at radius 2 is 2.07 bits per heavy atom. The lowest BCUT2D eigenvalue weighted by Crippen LogP contribution is -2.53. The Morgan fingerprint density at radius 3 is 2.78 bits per heavy atom. The summed E-state index contributed by atoms with van der Waals surface area (Å²) < 4.78 is 13.2. The van der Waals surface area contributed by atoms with E-state index in [4.69, 9.17) is 0 Å². The van der Waals surface area contributed by atoms with Gasteiger partial charge in [-0.15, -0.1) is 0 Å². The van der Waals surface area contributed by atoms with E-state index in [-0.39, 0.29) is 12.4 Å². The second-order valence-corrected chi connectivity index (χ2v) is 7.45. The van der Waals surface area contributed by atoms with Gasteiger partial charge >= 0.3 is 0 Å². The van der Waals surface area contributed by atoms with E-state index in [1.807, 2.05) is 6.20 Å². The Labute approximate surface area is 160 Å². The summed E-state index contributed by atoms with van der Waals surface area (Å²) in [7, 11) is 0. The fraction of sp³-hybridized carbons (Fsp3) is 0.476. The molecule has 0 amide bonds. The molecule has 146 valence electrons. The molecule has 0 aliphatic carbocycles. The van der Waals surface area contributed by atoms with Gasteiger partial charge in [0.25, 0.3) is 0 Å². The third-order valence-electron chi connectivity index (χ3n) is 5.13. The number of hydrogen-bond acceptors (Lipinski definition) is 4. The van der Waals surface area contributed by atoms with E-state index in [1.165, 1.54) is 17.7 Å². The summed E-state index contributed by atoms with van der Waals surface area (Å²) in [6.45, 7) is 9.06. The Balaban J connectivity index is 1.67. The molecule has 2 aromatic rings. The van der Waals surface area contributed by atoms with Crippen molar-refractivity contribution in [2.45, 2.75) is 32.9 Å². The first kappa shape index (κ1) is 19.7. The van der Waals surface area contributed by atoms with Crippen LogP contribution < -0.4 is 0 Å². The predicted octanol–water partition coefficient (Wildman–Crippen LogP) is 3.05. The van der Waals surface area contributed by atoms with Crippen molar-refractivity contribution in [3.05, 3.63) is 53.5 Å². The van der Waals surface area contributed by atoms with Crippen molar-refractivity contribution in [2.24, 2.45) is 0 Å². The summed E-state index contributed by atoms with van der Waals surface area (Å²) in [4.78, 5) is 4.87. The van der Waals surface area contributed by atoms with Gasteiger partial charge in [0, 0.05) is 56.5 Å². The number of benzene rings is 1. The van der Waals surface area contributed by atoms with Crippen LogP contribution in [0.1, 0.15) is 25.8 Å².